The normalized spacial score (nSPS) is 12.5. The first-order valence-corrected chi connectivity index (χ1v) is 17.7. The minimum atomic E-state index is -4.98. The molecule has 5 aromatic carbocycles. The van der Waals surface area contributed by atoms with Crippen LogP contribution in [0.1, 0.15) is 0 Å². The standard InChI is InChI=1S/C27H21N5O15S4/c1-43-14-4-5-18(21(8-14)49-47-45-36)30-32-26-23(51(40,41)42)6-12-2-3-13(7-16(12)27(26)34)29-31-19-11-22(50(37,38)39)17-9-15(48-46-44-35)10-20(33)24(17)25(19)28/h2-11,33-36H,28H2,1H3,(H,37,38,39)(H,40,41,42). The van der Waals surface area contributed by atoms with E-state index in [4.69, 9.17) is 21.0 Å². The van der Waals surface area contributed by atoms with Gasteiger partial charge in [0.1, 0.15) is 38.4 Å². The number of ether oxygens (including phenoxy) is 1. The van der Waals surface area contributed by atoms with Gasteiger partial charge < -0.3 is 20.7 Å². The lowest BCUT2D eigenvalue weighted by molar-refractivity contribution is -0.432. The van der Waals surface area contributed by atoms with E-state index in [1.165, 1.54) is 49.6 Å². The molecule has 51 heavy (non-hydrogen) atoms. The molecule has 0 unspecified atom stereocenters. The highest BCUT2D eigenvalue weighted by atomic mass is 32.2. The van der Waals surface area contributed by atoms with Crippen molar-refractivity contribution in [3.63, 3.8) is 0 Å². The predicted octanol–water partition coefficient (Wildman–Crippen LogP) is 7.18. The topological polar surface area (TPSA) is 311 Å². The van der Waals surface area contributed by atoms with E-state index in [1.807, 2.05) is 0 Å². The number of nitrogen functional groups attached to an aromatic ring is 1. The van der Waals surface area contributed by atoms with Crippen LogP contribution in [0.25, 0.3) is 21.5 Å². The molecular formula is C27H21N5O15S4. The smallest absolute Gasteiger partial charge is 0.296 e. The third-order valence-corrected chi connectivity index (χ3v) is 9.73. The number of aromatic hydroxyl groups is 2. The van der Waals surface area contributed by atoms with Crippen LogP contribution in [0, 0.1) is 0 Å². The second kappa shape index (κ2) is 15.3. The van der Waals surface area contributed by atoms with Crippen molar-refractivity contribution in [1.29, 1.82) is 0 Å². The summed E-state index contributed by atoms with van der Waals surface area (Å²) in [5, 5.41) is 61.3. The van der Waals surface area contributed by atoms with Crippen LogP contribution in [-0.2, 0) is 39.0 Å². The van der Waals surface area contributed by atoms with Gasteiger partial charge in [-0.2, -0.15) is 21.9 Å². The van der Waals surface area contributed by atoms with Gasteiger partial charge in [-0.3, -0.25) is 9.11 Å². The fourth-order valence-electron chi connectivity index (χ4n) is 4.61. The van der Waals surface area contributed by atoms with E-state index in [2.05, 4.69) is 39.2 Å². The third kappa shape index (κ3) is 8.28. The summed E-state index contributed by atoms with van der Waals surface area (Å²) in [5.74, 6) is -0.972. The average molecular weight is 784 g/mol. The molecule has 0 atom stereocenters. The van der Waals surface area contributed by atoms with Crippen LogP contribution in [0.2, 0.25) is 0 Å². The number of methoxy groups -OCH3 is 1. The van der Waals surface area contributed by atoms with Gasteiger partial charge in [0.2, 0.25) is 0 Å². The number of nitrogens with two attached hydrogens (primary N) is 1. The Morgan fingerprint density at radius 3 is 2.08 bits per heavy atom. The molecule has 0 aliphatic rings. The quantitative estimate of drug-likeness (QED) is 0.0155. The first-order chi connectivity index (χ1) is 24.2. The van der Waals surface area contributed by atoms with Crippen molar-refractivity contribution < 1.29 is 70.1 Å². The summed E-state index contributed by atoms with van der Waals surface area (Å²) in [6.07, 6.45) is 0. The molecule has 20 nitrogen and oxygen atoms in total. The highest BCUT2D eigenvalue weighted by Gasteiger charge is 2.24. The maximum atomic E-state index is 12.3. The van der Waals surface area contributed by atoms with E-state index in [-0.39, 0.29) is 54.1 Å². The molecule has 0 fully saturated rings. The molecule has 0 radical (unpaired) electrons. The van der Waals surface area contributed by atoms with Crippen molar-refractivity contribution in [1.82, 2.24) is 0 Å². The van der Waals surface area contributed by atoms with Crippen molar-refractivity contribution >= 4 is 94.3 Å². The largest absolute Gasteiger partial charge is 0.507 e. The number of benzene rings is 5. The van der Waals surface area contributed by atoms with Crippen molar-refractivity contribution in [2.45, 2.75) is 19.6 Å². The van der Waals surface area contributed by atoms with Crippen molar-refractivity contribution in [2.24, 2.45) is 20.5 Å². The first-order valence-electron chi connectivity index (χ1n) is 13.3. The summed E-state index contributed by atoms with van der Waals surface area (Å²) in [5.41, 5.74) is 4.99. The minimum absolute atomic E-state index is 0.000289. The van der Waals surface area contributed by atoms with Gasteiger partial charge in [-0.1, -0.05) is 16.1 Å². The van der Waals surface area contributed by atoms with Gasteiger partial charge in [-0.15, -0.1) is 24.0 Å². The van der Waals surface area contributed by atoms with E-state index in [0.717, 1.165) is 18.2 Å². The summed E-state index contributed by atoms with van der Waals surface area (Å²) in [4.78, 5) is -1.30. The monoisotopic (exact) mass is 783 g/mol. The molecule has 0 aliphatic heterocycles. The lowest BCUT2D eigenvalue weighted by atomic mass is 10.1. The van der Waals surface area contributed by atoms with Gasteiger partial charge in [0.15, 0.2) is 5.75 Å². The zero-order valence-electron chi connectivity index (χ0n) is 25.1. The molecule has 0 aliphatic carbocycles. The molecular weight excluding hydrogens is 763 g/mol. The van der Waals surface area contributed by atoms with Gasteiger partial charge in [0.05, 0.1) is 52.9 Å². The Morgan fingerprint density at radius 1 is 0.725 bits per heavy atom. The number of nitrogens with zero attached hydrogens (tertiary/aromatic N) is 4. The number of anilines is 1. The molecule has 0 spiro atoms. The lowest BCUT2D eigenvalue weighted by Gasteiger charge is -2.12. The first kappa shape index (κ1) is 37.6. The molecule has 8 N–H and O–H groups in total. The van der Waals surface area contributed by atoms with Crippen LogP contribution in [0.5, 0.6) is 17.2 Å². The van der Waals surface area contributed by atoms with Gasteiger partial charge in [-0.25, -0.2) is 10.5 Å². The minimum Gasteiger partial charge on any atom is -0.507 e. The number of azo groups is 2. The second-order valence-corrected chi connectivity index (χ2v) is 14.1. The Balaban J connectivity index is 1.61. The molecule has 0 bridgehead atoms. The van der Waals surface area contributed by atoms with Crippen LogP contribution < -0.4 is 10.5 Å². The Kier molecular flexibility index (Phi) is 11.2. The van der Waals surface area contributed by atoms with E-state index >= 15 is 0 Å². The number of phenols is 2. The van der Waals surface area contributed by atoms with Gasteiger partial charge in [0.25, 0.3) is 20.2 Å². The SMILES string of the molecule is COc1ccc(N=Nc2c(S(=O)(=O)O)cc3ccc(N=Nc4cc(S(=O)(=O)O)c5cc(SOOO)cc(O)c5c4N)cc3c2O)c(SOOO)c1. The van der Waals surface area contributed by atoms with Gasteiger partial charge in [0, 0.05) is 15.7 Å². The summed E-state index contributed by atoms with van der Waals surface area (Å²) >= 11 is 0.896. The maximum absolute atomic E-state index is 12.3. The van der Waals surface area contributed by atoms with Crippen molar-refractivity contribution in [3.8, 4) is 17.2 Å². The Morgan fingerprint density at radius 2 is 1.41 bits per heavy atom. The zero-order valence-corrected chi connectivity index (χ0v) is 28.4. The Hall–Kier alpha value is -4.70. The fraction of sp³-hybridized carbons (Fsp3) is 0.0370. The van der Waals surface area contributed by atoms with E-state index < -0.39 is 47.2 Å². The van der Waals surface area contributed by atoms with Crippen LogP contribution in [-0.4, -0.2) is 53.8 Å². The molecule has 0 amide bonds. The van der Waals surface area contributed by atoms with Crippen LogP contribution in [0.3, 0.4) is 0 Å². The lowest BCUT2D eigenvalue weighted by Crippen LogP contribution is -2.01. The summed E-state index contributed by atoms with van der Waals surface area (Å²) in [6, 6.07) is 12.3. The predicted molar refractivity (Wildman–Crippen MR) is 178 cm³/mol. The number of phenolic OH excluding ortho intramolecular Hbond substituents is 2. The molecule has 268 valence electrons. The molecule has 0 heterocycles. The van der Waals surface area contributed by atoms with E-state index in [0.29, 0.717) is 29.8 Å². The van der Waals surface area contributed by atoms with Crippen LogP contribution in [0.4, 0.5) is 28.4 Å². The molecule has 0 saturated carbocycles. The van der Waals surface area contributed by atoms with Crippen molar-refractivity contribution in [2.75, 3.05) is 12.8 Å². The van der Waals surface area contributed by atoms with Crippen LogP contribution >= 0.6 is 24.1 Å². The third-order valence-electron chi connectivity index (χ3n) is 6.77. The van der Waals surface area contributed by atoms with Gasteiger partial charge >= 0.3 is 0 Å². The van der Waals surface area contributed by atoms with Crippen molar-refractivity contribution in [3.05, 3.63) is 60.7 Å². The summed E-state index contributed by atoms with van der Waals surface area (Å²) < 4.78 is 83.0. The summed E-state index contributed by atoms with van der Waals surface area (Å²) in [6.45, 7) is 0. The van der Waals surface area contributed by atoms with E-state index in [9.17, 15) is 36.2 Å². The molecule has 5 rings (SSSR count). The second-order valence-electron chi connectivity index (χ2n) is 9.79. The Labute approximate surface area is 294 Å². The summed E-state index contributed by atoms with van der Waals surface area (Å²) in [7, 11) is -8.55. The average Bonchev–Trinajstić information content (AvgIpc) is 3.08. The maximum Gasteiger partial charge on any atom is 0.296 e. The highest BCUT2D eigenvalue weighted by Crippen LogP contribution is 2.45. The number of hydrogen-bond donors (Lipinski definition) is 7. The van der Waals surface area contributed by atoms with Gasteiger partial charge in [-0.05, 0) is 60.0 Å². The number of hydrogen-bond acceptors (Lipinski definition) is 20. The Bertz CT molecular complexity index is 2450. The highest BCUT2D eigenvalue weighted by molar-refractivity contribution is 7.95. The number of fused-ring (bicyclic) bond motifs is 2. The molecule has 5 aromatic rings. The zero-order chi connectivity index (χ0) is 37.1. The fourth-order valence-corrected chi connectivity index (χ4v) is 6.86. The molecule has 24 heteroatoms. The number of rotatable bonds is 13. The molecule has 0 aromatic heterocycles. The van der Waals surface area contributed by atoms with E-state index in [1.54, 1.807) is 0 Å². The molecule has 0 saturated heterocycles. The van der Waals surface area contributed by atoms with Crippen LogP contribution in [0.15, 0.2) is 101 Å².